The molecule has 0 aliphatic carbocycles. The van der Waals surface area contributed by atoms with Crippen molar-refractivity contribution in [2.24, 2.45) is 0 Å². The van der Waals surface area contributed by atoms with Crippen molar-refractivity contribution in [2.45, 2.75) is 44.2 Å². The first kappa shape index (κ1) is 15.7. The van der Waals surface area contributed by atoms with Crippen molar-refractivity contribution in [1.82, 2.24) is 14.7 Å². The van der Waals surface area contributed by atoms with Crippen LogP contribution < -0.4 is 4.72 Å². The standard InChI is InChI=1S/C15H21N3O2S/c1-11(18-21(19,20)14-9-16-10-17-14)12-5-7-13(8-6-12)15(2,3)4/h5-11,18H,1-4H3,(H,16,17). The quantitative estimate of drug-likeness (QED) is 0.912. The maximum absolute atomic E-state index is 12.1. The monoisotopic (exact) mass is 307 g/mol. The van der Waals surface area contributed by atoms with Crippen LogP contribution in [0.25, 0.3) is 0 Å². The first-order chi connectivity index (χ1) is 9.70. The number of nitrogens with zero attached hydrogens (tertiary/aromatic N) is 1. The van der Waals surface area contributed by atoms with E-state index in [2.05, 4.69) is 35.5 Å². The van der Waals surface area contributed by atoms with Crippen LogP contribution in [0.3, 0.4) is 0 Å². The van der Waals surface area contributed by atoms with E-state index in [0.717, 1.165) is 5.56 Å². The first-order valence-electron chi connectivity index (χ1n) is 6.81. The highest BCUT2D eigenvalue weighted by atomic mass is 32.2. The molecule has 0 fully saturated rings. The van der Waals surface area contributed by atoms with Gasteiger partial charge in [-0.2, -0.15) is 0 Å². The number of rotatable bonds is 4. The van der Waals surface area contributed by atoms with Gasteiger partial charge in [-0.15, -0.1) is 0 Å². The van der Waals surface area contributed by atoms with Gasteiger partial charge in [0.2, 0.25) is 0 Å². The van der Waals surface area contributed by atoms with Crippen molar-refractivity contribution in [3.8, 4) is 0 Å². The normalized spacial score (nSPS) is 14.1. The van der Waals surface area contributed by atoms with Gasteiger partial charge in [0.25, 0.3) is 10.0 Å². The van der Waals surface area contributed by atoms with Crippen molar-refractivity contribution in [3.63, 3.8) is 0 Å². The Morgan fingerprint density at radius 1 is 1.19 bits per heavy atom. The summed E-state index contributed by atoms with van der Waals surface area (Å²) in [5.41, 5.74) is 2.22. The lowest BCUT2D eigenvalue weighted by molar-refractivity contribution is 0.563. The maximum atomic E-state index is 12.1. The Balaban J connectivity index is 2.16. The minimum atomic E-state index is -3.57. The van der Waals surface area contributed by atoms with E-state index in [1.54, 1.807) is 0 Å². The number of aromatic nitrogens is 2. The number of imidazole rings is 1. The summed E-state index contributed by atoms with van der Waals surface area (Å²) in [4.78, 5) is 6.33. The number of hydrogen-bond acceptors (Lipinski definition) is 3. The number of H-pyrrole nitrogens is 1. The Kier molecular flexibility index (Phi) is 4.20. The molecule has 1 atom stereocenters. The third kappa shape index (κ3) is 3.71. The molecule has 2 aromatic rings. The number of nitrogens with one attached hydrogen (secondary N) is 2. The van der Waals surface area contributed by atoms with Crippen LogP contribution in [-0.4, -0.2) is 18.4 Å². The van der Waals surface area contributed by atoms with Gasteiger partial charge in [-0.1, -0.05) is 45.0 Å². The second-order valence-corrected chi connectivity index (χ2v) is 7.81. The first-order valence-corrected chi connectivity index (χ1v) is 8.29. The van der Waals surface area contributed by atoms with E-state index < -0.39 is 10.0 Å². The minimum absolute atomic E-state index is 0.0701. The molecule has 0 bridgehead atoms. The van der Waals surface area contributed by atoms with Crippen LogP contribution in [0, 0.1) is 0 Å². The highest BCUT2D eigenvalue weighted by Gasteiger charge is 2.20. The molecule has 6 heteroatoms. The third-order valence-corrected chi connectivity index (χ3v) is 4.84. The van der Waals surface area contributed by atoms with Crippen molar-refractivity contribution in [2.75, 3.05) is 0 Å². The summed E-state index contributed by atoms with van der Waals surface area (Å²) in [7, 11) is -3.57. The second-order valence-electron chi connectivity index (χ2n) is 6.13. The SMILES string of the molecule is CC(NS(=O)(=O)c1cnc[nH]1)c1ccc(C(C)(C)C)cc1. The molecular weight excluding hydrogens is 286 g/mol. The Bertz CT molecular complexity index is 684. The van der Waals surface area contributed by atoms with E-state index >= 15 is 0 Å². The van der Waals surface area contributed by atoms with Gasteiger partial charge in [0.15, 0.2) is 5.03 Å². The van der Waals surface area contributed by atoms with Crippen LogP contribution in [0.5, 0.6) is 0 Å². The fourth-order valence-corrected chi connectivity index (χ4v) is 3.16. The van der Waals surface area contributed by atoms with E-state index in [0.29, 0.717) is 0 Å². The van der Waals surface area contributed by atoms with Crippen molar-refractivity contribution >= 4 is 10.0 Å². The van der Waals surface area contributed by atoms with E-state index in [-0.39, 0.29) is 16.5 Å². The largest absolute Gasteiger partial charge is 0.335 e. The topological polar surface area (TPSA) is 74.8 Å². The fourth-order valence-electron chi connectivity index (χ4n) is 2.03. The molecule has 1 aromatic carbocycles. The van der Waals surface area contributed by atoms with Gasteiger partial charge in [-0.25, -0.2) is 18.1 Å². The van der Waals surface area contributed by atoms with Gasteiger partial charge in [0.05, 0.1) is 12.5 Å². The van der Waals surface area contributed by atoms with Gasteiger partial charge in [-0.05, 0) is 23.5 Å². The molecule has 114 valence electrons. The Hall–Kier alpha value is -1.66. The Morgan fingerprint density at radius 2 is 1.81 bits per heavy atom. The van der Waals surface area contributed by atoms with E-state index in [1.165, 1.54) is 18.1 Å². The van der Waals surface area contributed by atoms with Crippen LogP contribution in [0.2, 0.25) is 0 Å². The molecular formula is C15H21N3O2S. The highest BCUT2D eigenvalue weighted by Crippen LogP contribution is 2.24. The molecule has 2 N–H and O–H groups in total. The van der Waals surface area contributed by atoms with Gasteiger partial charge in [0, 0.05) is 6.04 Å². The molecule has 21 heavy (non-hydrogen) atoms. The zero-order valence-electron chi connectivity index (χ0n) is 12.7. The lowest BCUT2D eigenvalue weighted by atomic mass is 9.86. The lowest BCUT2D eigenvalue weighted by Crippen LogP contribution is -2.27. The van der Waals surface area contributed by atoms with Crippen LogP contribution in [0.15, 0.2) is 41.8 Å². The second kappa shape index (κ2) is 5.61. The van der Waals surface area contributed by atoms with Crippen LogP contribution in [-0.2, 0) is 15.4 Å². The third-order valence-electron chi connectivity index (χ3n) is 3.37. The predicted molar refractivity (Wildman–Crippen MR) is 82.5 cm³/mol. The van der Waals surface area contributed by atoms with Gasteiger partial charge in [-0.3, -0.25) is 0 Å². The van der Waals surface area contributed by atoms with Crippen molar-refractivity contribution < 1.29 is 8.42 Å². The maximum Gasteiger partial charge on any atom is 0.258 e. The molecule has 1 aromatic heterocycles. The number of sulfonamides is 1. The molecule has 0 saturated heterocycles. The number of benzene rings is 1. The highest BCUT2D eigenvalue weighted by molar-refractivity contribution is 7.89. The van der Waals surface area contributed by atoms with Gasteiger partial charge in [0.1, 0.15) is 0 Å². The summed E-state index contributed by atoms with van der Waals surface area (Å²) in [5.74, 6) is 0. The molecule has 0 saturated carbocycles. The van der Waals surface area contributed by atoms with Crippen LogP contribution in [0.4, 0.5) is 0 Å². The fraction of sp³-hybridized carbons (Fsp3) is 0.400. The van der Waals surface area contributed by atoms with E-state index in [4.69, 9.17) is 0 Å². The summed E-state index contributed by atoms with van der Waals surface area (Å²) in [6.45, 7) is 8.26. The minimum Gasteiger partial charge on any atom is -0.335 e. The molecule has 0 aliphatic rings. The summed E-state index contributed by atoms with van der Waals surface area (Å²) >= 11 is 0. The predicted octanol–water partition coefficient (Wildman–Crippen LogP) is 2.75. The zero-order valence-corrected chi connectivity index (χ0v) is 13.5. The average Bonchev–Trinajstić information content (AvgIpc) is 2.92. The lowest BCUT2D eigenvalue weighted by Gasteiger charge is -2.20. The van der Waals surface area contributed by atoms with Gasteiger partial charge < -0.3 is 4.98 Å². The summed E-state index contributed by atoms with van der Waals surface area (Å²) < 4.78 is 26.9. The average molecular weight is 307 g/mol. The molecule has 0 radical (unpaired) electrons. The molecule has 1 unspecified atom stereocenters. The van der Waals surface area contributed by atoms with Gasteiger partial charge >= 0.3 is 0 Å². The van der Waals surface area contributed by atoms with Crippen molar-refractivity contribution in [1.29, 1.82) is 0 Å². The number of hydrogen-bond donors (Lipinski definition) is 2. The summed E-state index contributed by atoms with van der Waals surface area (Å²) in [5, 5.41) is 0.0701. The molecule has 0 aliphatic heterocycles. The van der Waals surface area contributed by atoms with Crippen LogP contribution >= 0.6 is 0 Å². The summed E-state index contributed by atoms with van der Waals surface area (Å²) in [6.07, 6.45) is 2.63. The van der Waals surface area contributed by atoms with E-state index in [9.17, 15) is 8.42 Å². The molecule has 5 nitrogen and oxygen atoms in total. The molecule has 0 spiro atoms. The smallest absolute Gasteiger partial charge is 0.258 e. The zero-order chi connectivity index (χ0) is 15.7. The Morgan fingerprint density at radius 3 is 2.29 bits per heavy atom. The molecule has 1 heterocycles. The van der Waals surface area contributed by atoms with E-state index in [1.807, 2.05) is 31.2 Å². The molecule has 2 rings (SSSR count). The van der Waals surface area contributed by atoms with Crippen molar-refractivity contribution in [3.05, 3.63) is 47.9 Å². The summed E-state index contributed by atoms with van der Waals surface area (Å²) in [6, 6.07) is 7.68. The molecule has 0 amide bonds. The van der Waals surface area contributed by atoms with Crippen LogP contribution in [0.1, 0.15) is 44.9 Å². The Labute approximate surface area is 125 Å². The number of aromatic amines is 1.